The van der Waals surface area contributed by atoms with E-state index in [4.69, 9.17) is 16.2 Å². The Kier molecular flexibility index (Phi) is 5.34. The lowest BCUT2D eigenvalue weighted by Crippen LogP contribution is -2.14. The SMILES string of the molecule is NC(=O)CCOc1ccc(-c2ccn3ncc(-c4cnc(N)c(C(F)(F)F)c4)c3n2)cn1. The smallest absolute Gasteiger partial charge is 0.419 e. The highest BCUT2D eigenvalue weighted by Gasteiger charge is 2.34. The van der Waals surface area contributed by atoms with Gasteiger partial charge >= 0.3 is 6.18 Å². The zero-order chi connectivity index (χ0) is 22.9. The molecule has 4 aromatic heterocycles. The topological polar surface area (TPSA) is 134 Å². The molecule has 0 saturated heterocycles. The summed E-state index contributed by atoms with van der Waals surface area (Å²) in [6.07, 6.45) is 1.25. The second-order valence-electron chi connectivity index (χ2n) is 6.74. The molecule has 4 aromatic rings. The number of primary amides is 1. The molecule has 0 bridgehead atoms. The third kappa shape index (κ3) is 4.29. The quantitative estimate of drug-likeness (QED) is 0.468. The van der Waals surface area contributed by atoms with Crippen molar-refractivity contribution in [3.05, 3.63) is 54.6 Å². The molecule has 32 heavy (non-hydrogen) atoms. The van der Waals surface area contributed by atoms with Crippen LogP contribution in [0.3, 0.4) is 0 Å². The number of pyridine rings is 2. The Morgan fingerprint density at radius 1 is 1.09 bits per heavy atom. The number of carbonyl (C=O) groups is 1. The maximum absolute atomic E-state index is 13.2. The lowest BCUT2D eigenvalue weighted by atomic mass is 10.1. The number of anilines is 1. The number of nitrogens with zero attached hydrogens (tertiary/aromatic N) is 5. The van der Waals surface area contributed by atoms with E-state index in [1.54, 1.807) is 24.4 Å². The van der Waals surface area contributed by atoms with Crippen LogP contribution in [0.1, 0.15) is 12.0 Å². The van der Waals surface area contributed by atoms with Crippen LogP contribution in [0.4, 0.5) is 19.0 Å². The summed E-state index contributed by atoms with van der Waals surface area (Å²) in [5.41, 5.74) is 11.5. The Labute approximate surface area is 178 Å². The third-order valence-corrected chi connectivity index (χ3v) is 4.53. The number of rotatable bonds is 6. The highest BCUT2D eigenvalue weighted by molar-refractivity contribution is 5.79. The van der Waals surface area contributed by atoms with Crippen LogP contribution in [0, 0.1) is 0 Å². The molecule has 0 spiro atoms. The summed E-state index contributed by atoms with van der Waals surface area (Å²) in [7, 11) is 0. The number of amides is 1. The Morgan fingerprint density at radius 3 is 2.56 bits per heavy atom. The van der Waals surface area contributed by atoms with Gasteiger partial charge in [-0.2, -0.15) is 18.3 Å². The van der Waals surface area contributed by atoms with Crippen LogP contribution >= 0.6 is 0 Å². The van der Waals surface area contributed by atoms with Crippen LogP contribution in [0.25, 0.3) is 28.0 Å². The molecule has 4 heterocycles. The van der Waals surface area contributed by atoms with E-state index >= 15 is 0 Å². The normalized spacial score (nSPS) is 11.6. The fraction of sp³-hybridized carbons (Fsp3) is 0.150. The van der Waals surface area contributed by atoms with E-state index in [9.17, 15) is 18.0 Å². The van der Waals surface area contributed by atoms with E-state index in [2.05, 4.69) is 20.1 Å². The van der Waals surface area contributed by atoms with Crippen molar-refractivity contribution < 1.29 is 22.7 Å². The average Bonchev–Trinajstić information content (AvgIpc) is 3.17. The maximum Gasteiger partial charge on any atom is 0.419 e. The summed E-state index contributed by atoms with van der Waals surface area (Å²) >= 11 is 0. The number of fused-ring (bicyclic) bond motifs is 1. The van der Waals surface area contributed by atoms with Crippen molar-refractivity contribution in [2.24, 2.45) is 5.73 Å². The number of nitrogens with two attached hydrogens (primary N) is 2. The summed E-state index contributed by atoms with van der Waals surface area (Å²) in [6, 6.07) is 5.94. The molecule has 0 aliphatic carbocycles. The van der Waals surface area contributed by atoms with Gasteiger partial charge in [0.25, 0.3) is 0 Å². The Hall–Kier alpha value is -4.22. The molecule has 0 aliphatic heterocycles. The second-order valence-corrected chi connectivity index (χ2v) is 6.74. The number of ether oxygens (including phenoxy) is 1. The summed E-state index contributed by atoms with van der Waals surface area (Å²) in [5, 5.41) is 4.15. The molecule has 12 heteroatoms. The van der Waals surface area contributed by atoms with Crippen LogP contribution in [0.5, 0.6) is 5.88 Å². The van der Waals surface area contributed by atoms with Crippen LogP contribution < -0.4 is 16.2 Å². The van der Waals surface area contributed by atoms with Crippen molar-refractivity contribution in [1.29, 1.82) is 0 Å². The zero-order valence-electron chi connectivity index (χ0n) is 16.4. The van der Waals surface area contributed by atoms with E-state index < -0.39 is 23.5 Å². The third-order valence-electron chi connectivity index (χ3n) is 4.53. The minimum atomic E-state index is -4.64. The zero-order valence-corrected chi connectivity index (χ0v) is 16.4. The number of halogens is 3. The van der Waals surface area contributed by atoms with Crippen molar-refractivity contribution in [1.82, 2.24) is 24.6 Å². The monoisotopic (exact) mass is 443 g/mol. The minimum absolute atomic E-state index is 0.0711. The van der Waals surface area contributed by atoms with E-state index in [1.807, 2.05) is 0 Å². The molecule has 0 radical (unpaired) electrons. The number of alkyl halides is 3. The fourth-order valence-corrected chi connectivity index (χ4v) is 2.96. The van der Waals surface area contributed by atoms with Gasteiger partial charge in [0, 0.05) is 41.3 Å². The van der Waals surface area contributed by atoms with Crippen molar-refractivity contribution in [3.8, 4) is 28.3 Å². The first-order valence-electron chi connectivity index (χ1n) is 9.27. The lowest BCUT2D eigenvalue weighted by molar-refractivity contribution is -0.137. The molecule has 0 aliphatic rings. The fourth-order valence-electron chi connectivity index (χ4n) is 2.96. The van der Waals surface area contributed by atoms with Crippen LogP contribution in [-0.2, 0) is 11.0 Å². The second kappa shape index (κ2) is 8.13. The number of hydrogen-bond acceptors (Lipinski definition) is 7. The molecule has 0 fully saturated rings. The maximum atomic E-state index is 13.2. The molecular weight excluding hydrogens is 427 g/mol. The minimum Gasteiger partial charge on any atom is -0.477 e. The molecule has 0 unspecified atom stereocenters. The van der Waals surface area contributed by atoms with Crippen LogP contribution in [0.15, 0.2) is 49.1 Å². The molecule has 0 saturated carbocycles. The molecular formula is C20H16F3N7O2. The first kappa shape index (κ1) is 21.0. The van der Waals surface area contributed by atoms with Gasteiger partial charge in [0.1, 0.15) is 5.82 Å². The van der Waals surface area contributed by atoms with Crippen molar-refractivity contribution in [3.63, 3.8) is 0 Å². The largest absolute Gasteiger partial charge is 0.477 e. The molecule has 0 aromatic carbocycles. The van der Waals surface area contributed by atoms with Gasteiger partial charge in [0.05, 0.1) is 30.5 Å². The highest BCUT2D eigenvalue weighted by Crippen LogP contribution is 2.36. The van der Waals surface area contributed by atoms with Crippen LogP contribution in [-0.4, -0.2) is 37.1 Å². The summed E-state index contributed by atoms with van der Waals surface area (Å²) < 4.78 is 46.4. The summed E-state index contributed by atoms with van der Waals surface area (Å²) in [6.45, 7) is 0.112. The van der Waals surface area contributed by atoms with E-state index in [1.165, 1.54) is 23.1 Å². The Morgan fingerprint density at radius 2 is 1.88 bits per heavy atom. The standard InChI is InChI=1S/C20H16F3N7O2/c21-20(22,23)14-7-12(9-27-18(14)25)13-10-28-30-5-3-15(29-19(13)30)11-1-2-17(26-8-11)32-6-4-16(24)31/h1-3,5,7-10H,4,6H2,(H2,24,31)(H2,25,27). The van der Waals surface area contributed by atoms with Gasteiger partial charge in [-0.05, 0) is 18.2 Å². The molecule has 1 amide bonds. The molecule has 4 N–H and O–H groups in total. The van der Waals surface area contributed by atoms with E-state index in [-0.39, 0.29) is 18.6 Å². The molecule has 0 atom stereocenters. The molecule has 9 nitrogen and oxygen atoms in total. The number of hydrogen-bond donors (Lipinski definition) is 2. The van der Waals surface area contributed by atoms with Crippen molar-refractivity contribution in [2.75, 3.05) is 12.3 Å². The Bertz CT molecular complexity index is 1290. The highest BCUT2D eigenvalue weighted by atomic mass is 19.4. The number of carbonyl (C=O) groups excluding carboxylic acids is 1. The van der Waals surface area contributed by atoms with Crippen molar-refractivity contribution in [2.45, 2.75) is 12.6 Å². The van der Waals surface area contributed by atoms with E-state index in [0.717, 1.165) is 6.07 Å². The first-order valence-corrected chi connectivity index (χ1v) is 9.27. The predicted octanol–water partition coefficient (Wildman–Crippen LogP) is 2.71. The van der Waals surface area contributed by atoms with Gasteiger partial charge in [-0.15, -0.1) is 0 Å². The lowest BCUT2D eigenvalue weighted by Gasteiger charge is -2.10. The Balaban J connectivity index is 1.66. The molecule has 164 valence electrons. The van der Waals surface area contributed by atoms with E-state index in [0.29, 0.717) is 28.3 Å². The summed E-state index contributed by atoms with van der Waals surface area (Å²) in [4.78, 5) is 23.1. The van der Waals surface area contributed by atoms with Crippen LogP contribution in [0.2, 0.25) is 0 Å². The van der Waals surface area contributed by atoms with Gasteiger partial charge in [-0.3, -0.25) is 4.79 Å². The summed E-state index contributed by atoms with van der Waals surface area (Å²) in [5.74, 6) is -0.765. The molecule has 4 rings (SSSR count). The van der Waals surface area contributed by atoms with Gasteiger partial charge in [0.15, 0.2) is 5.65 Å². The first-order chi connectivity index (χ1) is 15.2. The predicted molar refractivity (Wildman–Crippen MR) is 108 cm³/mol. The van der Waals surface area contributed by atoms with Gasteiger partial charge in [-0.25, -0.2) is 19.5 Å². The van der Waals surface area contributed by atoms with Gasteiger partial charge in [0.2, 0.25) is 11.8 Å². The van der Waals surface area contributed by atoms with Gasteiger partial charge < -0.3 is 16.2 Å². The van der Waals surface area contributed by atoms with Gasteiger partial charge in [-0.1, -0.05) is 0 Å². The number of nitrogen functional groups attached to an aromatic ring is 1. The number of aromatic nitrogens is 5. The average molecular weight is 443 g/mol. The van der Waals surface area contributed by atoms with Crippen molar-refractivity contribution >= 4 is 17.4 Å².